The van der Waals surface area contributed by atoms with Gasteiger partial charge in [0.1, 0.15) is 0 Å². The maximum absolute atomic E-state index is 6.06. The molecule has 3 rings (SSSR count). The molecule has 5 nitrogen and oxygen atoms in total. The molecule has 0 N–H and O–H groups in total. The van der Waals surface area contributed by atoms with Crippen molar-refractivity contribution in [3.8, 4) is 11.9 Å². The van der Waals surface area contributed by atoms with Crippen LogP contribution in [-0.2, 0) is 4.74 Å². The molecule has 1 saturated heterocycles. The molecule has 116 valence electrons. The third-order valence-electron chi connectivity index (χ3n) is 3.29. The number of methoxy groups -OCH3 is 1. The van der Waals surface area contributed by atoms with Crippen LogP contribution in [0.25, 0.3) is 0 Å². The van der Waals surface area contributed by atoms with Gasteiger partial charge in [0.05, 0.1) is 0 Å². The van der Waals surface area contributed by atoms with Crippen molar-refractivity contribution >= 4 is 19.4 Å². The van der Waals surface area contributed by atoms with Crippen molar-refractivity contribution in [2.75, 3.05) is 13.7 Å². The summed E-state index contributed by atoms with van der Waals surface area (Å²) in [6, 6.07) is 12.5. The average molecular weight is 365 g/mol. The number of aromatic nitrogens is 2. The summed E-state index contributed by atoms with van der Waals surface area (Å²) in [7, 11) is 1.57. The SMILES string of the molecule is COc1ccnc(OC[C@@H]2CC[C@H]([Se]c3ccccc3)O2)n1. The van der Waals surface area contributed by atoms with Crippen molar-refractivity contribution in [1.29, 1.82) is 0 Å². The second kappa shape index (κ2) is 7.58. The van der Waals surface area contributed by atoms with Gasteiger partial charge < -0.3 is 0 Å². The van der Waals surface area contributed by atoms with Crippen LogP contribution in [0.15, 0.2) is 42.6 Å². The van der Waals surface area contributed by atoms with Crippen LogP contribution in [-0.4, -0.2) is 49.7 Å². The van der Waals surface area contributed by atoms with E-state index in [-0.39, 0.29) is 6.10 Å². The molecule has 2 aromatic rings. The number of ether oxygens (including phenoxy) is 3. The van der Waals surface area contributed by atoms with E-state index in [1.165, 1.54) is 4.46 Å². The van der Waals surface area contributed by atoms with Crippen LogP contribution in [0.4, 0.5) is 0 Å². The molecule has 0 spiro atoms. The van der Waals surface area contributed by atoms with Crippen molar-refractivity contribution in [1.82, 2.24) is 9.97 Å². The first-order chi connectivity index (χ1) is 10.8. The van der Waals surface area contributed by atoms with Crippen LogP contribution in [0.2, 0.25) is 0 Å². The Kier molecular flexibility index (Phi) is 5.27. The zero-order valence-corrected chi connectivity index (χ0v) is 14.1. The molecular formula is C16H18N2O3Se. The Bertz CT molecular complexity index is 597. The molecule has 1 aromatic heterocycles. The number of hydrogen-bond acceptors (Lipinski definition) is 5. The van der Waals surface area contributed by atoms with Crippen LogP contribution in [0.3, 0.4) is 0 Å². The van der Waals surface area contributed by atoms with E-state index in [2.05, 4.69) is 34.2 Å². The van der Waals surface area contributed by atoms with Crippen molar-refractivity contribution in [2.45, 2.75) is 23.9 Å². The van der Waals surface area contributed by atoms with E-state index in [0.29, 0.717) is 38.5 Å². The summed E-state index contributed by atoms with van der Waals surface area (Å²) < 4.78 is 18.1. The predicted octanol–water partition coefficient (Wildman–Crippen LogP) is 1.40. The van der Waals surface area contributed by atoms with Crippen molar-refractivity contribution in [3.63, 3.8) is 0 Å². The summed E-state index contributed by atoms with van der Waals surface area (Å²) in [5.74, 6) is 0.502. The first-order valence-electron chi connectivity index (χ1n) is 7.20. The van der Waals surface area contributed by atoms with Crippen LogP contribution in [0.1, 0.15) is 12.8 Å². The molecular weight excluding hydrogens is 347 g/mol. The molecule has 0 bridgehead atoms. The van der Waals surface area contributed by atoms with Gasteiger partial charge in [-0.2, -0.15) is 0 Å². The quantitative estimate of drug-likeness (QED) is 0.725. The molecule has 0 unspecified atom stereocenters. The molecule has 1 aromatic carbocycles. The summed E-state index contributed by atoms with van der Waals surface area (Å²) >= 11 is 0.350. The fraction of sp³-hybridized carbons (Fsp3) is 0.375. The fourth-order valence-electron chi connectivity index (χ4n) is 2.21. The van der Waals surface area contributed by atoms with E-state index in [4.69, 9.17) is 14.2 Å². The fourth-order valence-corrected chi connectivity index (χ4v) is 4.48. The molecule has 6 heteroatoms. The minimum absolute atomic E-state index is 0.116. The topological polar surface area (TPSA) is 53.5 Å². The number of nitrogens with zero attached hydrogens (tertiary/aromatic N) is 2. The molecule has 0 amide bonds. The Morgan fingerprint density at radius 1 is 1.23 bits per heavy atom. The van der Waals surface area contributed by atoms with Crippen LogP contribution < -0.4 is 13.9 Å². The summed E-state index contributed by atoms with van der Waals surface area (Å²) in [6.07, 6.45) is 3.84. The maximum atomic E-state index is 6.06. The van der Waals surface area contributed by atoms with Gasteiger partial charge in [-0.05, 0) is 0 Å². The third kappa shape index (κ3) is 4.19. The Hall–Kier alpha value is -1.62. The molecule has 1 aliphatic heterocycles. The normalized spacial score (nSPS) is 20.8. The van der Waals surface area contributed by atoms with E-state index >= 15 is 0 Å². The van der Waals surface area contributed by atoms with Gasteiger partial charge in [0.25, 0.3) is 0 Å². The molecule has 0 radical (unpaired) electrons. The van der Waals surface area contributed by atoms with Crippen LogP contribution in [0, 0.1) is 0 Å². The molecule has 0 saturated carbocycles. The minimum atomic E-state index is 0.116. The van der Waals surface area contributed by atoms with E-state index in [1.54, 1.807) is 19.4 Å². The van der Waals surface area contributed by atoms with Crippen molar-refractivity contribution in [3.05, 3.63) is 42.6 Å². The molecule has 1 aliphatic rings. The first kappa shape index (κ1) is 15.3. The Morgan fingerprint density at radius 3 is 2.91 bits per heavy atom. The standard InChI is InChI=1S/C16H18N2O3Se/c1-19-14-9-10-17-16(18-14)20-11-12-7-8-15(21-12)22-13-5-3-2-4-6-13/h2-6,9-10,12,15H,7-8,11H2,1H3/t12-,15-/m0/s1. The second-order valence-corrected chi connectivity index (χ2v) is 7.48. The van der Waals surface area contributed by atoms with Gasteiger partial charge >= 0.3 is 136 Å². The van der Waals surface area contributed by atoms with Gasteiger partial charge in [0.15, 0.2) is 0 Å². The van der Waals surface area contributed by atoms with Gasteiger partial charge in [-0.25, -0.2) is 0 Å². The molecule has 22 heavy (non-hydrogen) atoms. The van der Waals surface area contributed by atoms with Gasteiger partial charge in [-0.15, -0.1) is 0 Å². The van der Waals surface area contributed by atoms with Gasteiger partial charge in [-0.1, -0.05) is 0 Å². The Morgan fingerprint density at radius 2 is 2.09 bits per heavy atom. The molecule has 2 atom stereocenters. The summed E-state index contributed by atoms with van der Waals surface area (Å²) in [5, 5.41) is 0.328. The Labute approximate surface area is 136 Å². The average Bonchev–Trinajstić information content (AvgIpc) is 3.01. The van der Waals surface area contributed by atoms with Crippen molar-refractivity contribution < 1.29 is 14.2 Å². The number of rotatable bonds is 6. The van der Waals surface area contributed by atoms with Gasteiger partial charge in [0, 0.05) is 0 Å². The summed E-state index contributed by atoms with van der Waals surface area (Å²) in [4.78, 5) is 8.20. The monoisotopic (exact) mass is 366 g/mol. The molecule has 1 fully saturated rings. The van der Waals surface area contributed by atoms with Gasteiger partial charge in [-0.3, -0.25) is 0 Å². The first-order valence-corrected chi connectivity index (χ1v) is 9.05. The van der Waals surface area contributed by atoms with E-state index in [9.17, 15) is 0 Å². The number of benzene rings is 1. The molecule has 0 aliphatic carbocycles. The predicted molar refractivity (Wildman–Crippen MR) is 83.8 cm³/mol. The van der Waals surface area contributed by atoms with Gasteiger partial charge in [0.2, 0.25) is 0 Å². The van der Waals surface area contributed by atoms with E-state index in [1.807, 2.05) is 6.07 Å². The second-order valence-electron chi connectivity index (χ2n) is 4.89. The third-order valence-corrected chi connectivity index (χ3v) is 5.72. The Balaban J connectivity index is 1.46. The number of hydrogen-bond donors (Lipinski definition) is 0. The summed E-state index contributed by atoms with van der Waals surface area (Å²) in [5.41, 5.74) is 0. The zero-order valence-electron chi connectivity index (χ0n) is 12.3. The van der Waals surface area contributed by atoms with E-state index in [0.717, 1.165) is 12.8 Å². The van der Waals surface area contributed by atoms with Crippen LogP contribution in [0.5, 0.6) is 11.9 Å². The molecule has 2 heterocycles. The van der Waals surface area contributed by atoms with Crippen LogP contribution >= 0.6 is 0 Å². The summed E-state index contributed by atoms with van der Waals surface area (Å²) in [6.45, 7) is 0.481. The van der Waals surface area contributed by atoms with Crippen molar-refractivity contribution in [2.24, 2.45) is 0 Å². The van der Waals surface area contributed by atoms with E-state index < -0.39 is 0 Å². The zero-order chi connectivity index (χ0) is 15.2.